The van der Waals surface area contributed by atoms with Gasteiger partial charge < -0.3 is 14.9 Å². The molecule has 150 valence electrons. The van der Waals surface area contributed by atoms with Crippen LogP contribution < -0.4 is 0 Å². The van der Waals surface area contributed by atoms with Crippen LogP contribution in [0.2, 0.25) is 0 Å². The van der Waals surface area contributed by atoms with Crippen LogP contribution in [-0.2, 0) is 22.5 Å². The molecule has 6 nitrogen and oxygen atoms in total. The van der Waals surface area contributed by atoms with Gasteiger partial charge in [0.2, 0.25) is 0 Å². The van der Waals surface area contributed by atoms with Gasteiger partial charge in [-0.2, -0.15) is 0 Å². The molecular weight excluding hydrogens is 358 g/mol. The Morgan fingerprint density at radius 1 is 1.00 bits per heavy atom. The lowest BCUT2D eigenvalue weighted by molar-refractivity contribution is -0.145. The van der Waals surface area contributed by atoms with Gasteiger partial charge in [0.25, 0.3) is 0 Å². The van der Waals surface area contributed by atoms with Gasteiger partial charge in [-0.3, -0.25) is 4.90 Å². The van der Waals surface area contributed by atoms with Crippen LogP contribution in [0.25, 0.3) is 0 Å². The van der Waals surface area contributed by atoms with E-state index in [9.17, 15) is 19.8 Å². The van der Waals surface area contributed by atoms with Crippen LogP contribution in [-0.4, -0.2) is 45.4 Å². The van der Waals surface area contributed by atoms with Crippen molar-refractivity contribution in [2.45, 2.75) is 45.4 Å². The van der Waals surface area contributed by atoms with Gasteiger partial charge in [-0.05, 0) is 43.9 Å². The number of aliphatic hydroxyl groups excluding tert-OH is 1. The number of ether oxygens (including phenoxy) is 1. The van der Waals surface area contributed by atoms with Crippen molar-refractivity contribution in [3.05, 3.63) is 71.3 Å². The van der Waals surface area contributed by atoms with E-state index < -0.39 is 30.3 Å². The molecule has 0 heterocycles. The molecule has 6 heteroatoms. The van der Waals surface area contributed by atoms with Gasteiger partial charge in [0.15, 0.2) is 6.04 Å². The summed E-state index contributed by atoms with van der Waals surface area (Å²) < 4.78 is 5.38. The van der Waals surface area contributed by atoms with E-state index in [-0.39, 0.29) is 6.54 Å². The van der Waals surface area contributed by atoms with Crippen LogP contribution in [0.4, 0.5) is 4.79 Å². The first kappa shape index (κ1) is 21.4. The zero-order chi connectivity index (χ0) is 20.7. The third kappa shape index (κ3) is 6.09. The third-order valence-corrected chi connectivity index (χ3v) is 4.16. The maximum Gasteiger partial charge on any atom is 0.411 e. The molecule has 2 aromatic rings. The van der Waals surface area contributed by atoms with E-state index in [1.54, 1.807) is 20.8 Å². The van der Waals surface area contributed by atoms with Crippen molar-refractivity contribution >= 4 is 12.1 Å². The minimum Gasteiger partial charge on any atom is -0.480 e. The molecule has 0 fully saturated rings. The Kier molecular flexibility index (Phi) is 7.18. The molecule has 0 spiro atoms. The molecule has 2 aromatic carbocycles. The highest BCUT2D eigenvalue weighted by Crippen LogP contribution is 2.20. The third-order valence-electron chi connectivity index (χ3n) is 4.16. The number of amides is 1. The molecule has 0 aliphatic carbocycles. The Morgan fingerprint density at radius 2 is 1.57 bits per heavy atom. The minimum atomic E-state index is -1.39. The molecule has 0 bridgehead atoms. The topological polar surface area (TPSA) is 87.1 Å². The van der Waals surface area contributed by atoms with Gasteiger partial charge in [-0.25, -0.2) is 9.59 Å². The van der Waals surface area contributed by atoms with E-state index in [1.807, 2.05) is 54.6 Å². The Balaban J connectivity index is 2.33. The van der Waals surface area contributed by atoms with E-state index in [0.717, 1.165) is 21.6 Å². The standard InChI is InChI=1S/C22H27NO5/c1-22(2,3)28-21(27)23(19(15-24)20(25)26)14-18-12-8-7-11-17(18)13-16-9-5-4-6-10-16/h4-12,19,24H,13-15H2,1-3H3,(H,25,26)/t19-/m1/s1. The SMILES string of the molecule is CC(C)(C)OC(=O)N(Cc1ccccc1Cc1ccccc1)[C@H](CO)C(=O)O. The second kappa shape index (κ2) is 9.37. The molecule has 28 heavy (non-hydrogen) atoms. The summed E-state index contributed by atoms with van der Waals surface area (Å²) in [6.07, 6.45) is -0.126. The Bertz CT molecular complexity index is 798. The molecule has 1 amide bonds. The van der Waals surface area contributed by atoms with E-state index in [2.05, 4.69) is 0 Å². The van der Waals surface area contributed by atoms with Crippen molar-refractivity contribution in [2.24, 2.45) is 0 Å². The van der Waals surface area contributed by atoms with Gasteiger partial charge in [0, 0.05) is 0 Å². The summed E-state index contributed by atoms with van der Waals surface area (Å²) in [5.74, 6) is -1.28. The Morgan fingerprint density at radius 3 is 2.11 bits per heavy atom. The highest BCUT2D eigenvalue weighted by molar-refractivity contribution is 5.80. The second-order valence-electron chi connectivity index (χ2n) is 7.58. The quantitative estimate of drug-likeness (QED) is 0.762. The summed E-state index contributed by atoms with van der Waals surface area (Å²) in [5.41, 5.74) is 2.11. The Labute approximate surface area is 165 Å². The number of benzene rings is 2. The number of aliphatic carboxylic acids is 1. The molecule has 0 aromatic heterocycles. The fraction of sp³-hybridized carbons (Fsp3) is 0.364. The molecule has 0 saturated carbocycles. The van der Waals surface area contributed by atoms with Gasteiger partial charge in [0.05, 0.1) is 13.2 Å². The van der Waals surface area contributed by atoms with Crippen LogP contribution in [0.1, 0.15) is 37.5 Å². The molecule has 0 aliphatic rings. The minimum absolute atomic E-state index is 0.0233. The molecule has 0 radical (unpaired) electrons. The van der Waals surface area contributed by atoms with Gasteiger partial charge in [0.1, 0.15) is 5.60 Å². The number of carboxylic acids is 1. The lowest BCUT2D eigenvalue weighted by Gasteiger charge is -2.31. The first-order valence-electron chi connectivity index (χ1n) is 9.15. The summed E-state index contributed by atoms with van der Waals surface area (Å²) in [5, 5.41) is 19.0. The summed E-state index contributed by atoms with van der Waals surface area (Å²) in [6.45, 7) is 4.45. The largest absolute Gasteiger partial charge is 0.480 e. The molecule has 0 saturated heterocycles. The zero-order valence-corrected chi connectivity index (χ0v) is 16.5. The number of nitrogens with zero attached hydrogens (tertiary/aromatic N) is 1. The number of carboxylic acid groups (broad SMARTS) is 1. The number of aliphatic hydroxyl groups is 1. The number of hydrogen-bond donors (Lipinski definition) is 2. The average Bonchev–Trinajstić information content (AvgIpc) is 2.62. The molecule has 2 N–H and O–H groups in total. The normalized spacial score (nSPS) is 12.3. The smallest absolute Gasteiger partial charge is 0.411 e. The highest BCUT2D eigenvalue weighted by Gasteiger charge is 2.33. The van der Waals surface area contributed by atoms with Crippen molar-refractivity contribution in [1.82, 2.24) is 4.90 Å². The summed E-state index contributed by atoms with van der Waals surface area (Å²) >= 11 is 0. The monoisotopic (exact) mass is 385 g/mol. The van der Waals surface area contributed by atoms with E-state index >= 15 is 0 Å². The average molecular weight is 385 g/mol. The predicted octanol–water partition coefficient (Wildman–Crippen LogP) is 3.46. The fourth-order valence-electron chi connectivity index (χ4n) is 2.82. The van der Waals surface area contributed by atoms with Crippen LogP contribution in [0.15, 0.2) is 54.6 Å². The van der Waals surface area contributed by atoms with Crippen molar-refractivity contribution in [2.75, 3.05) is 6.61 Å². The number of carbonyl (C=O) groups is 2. The Hall–Kier alpha value is -2.86. The van der Waals surface area contributed by atoms with Crippen LogP contribution >= 0.6 is 0 Å². The van der Waals surface area contributed by atoms with Crippen molar-refractivity contribution < 1.29 is 24.5 Å². The lowest BCUT2D eigenvalue weighted by atomic mass is 9.99. The molecule has 0 unspecified atom stereocenters. The van der Waals surface area contributed by atoms with Gasteiger partial charge >= 0.3 is 12.1 Å². The first-order chi connectivity index (χ1) is 13.2. The van der Waals surface area contributed by atoms with Crippen LogP contribution in [0, 0.1) is 0 Å². The van der Waals surface area contributed by atoms with Gasteiger partial charge in [-0.1, -0.05) is 54.6 Å². The van der Waals surface area contributed by atoms with Gasteiger partial charge in [-0.15, -0.1) is 0 Å². The lowest BCUT2D eigenvalue weighted by Crippen LogP contribution is -2.48. The molecule has 0 aliphatic heterocycles. The number of rotatable bonds is 7. The van der Waals surface area contributed by atoms with E-state index in [0.29, 0.717) is 6.42 Å². The predicted molar refractivity (Wildman–Crippen MR) is 106 cm³/mol. The summed E-state index contributed by atoms with van der Waals surface area (Å²) in [4.78, 5) is 25.3. The fourth-order valence-corrected chi connectivity index (χ4v) is 2.82. The second-order valence-corrected chi connectivity index (χ2v) is 7.58. The number of carbonyl (C=O) groups excluding carboxylic acids is 1. The summed E-state index contributed by atoms with van der Waals surface area (Å²) in [6, 6.07) is 16.0. The molecule has 2 rings (SSSR count). The zero-order valence-electron chi connectivity index (χ0n) is 16.5. The van der Waals surface area contributed by atoms with E-state index in [4.69, 9.17) is 4.74 Å². The van der Waals surface area contributed by atoms with Crippen molar-refractivity contribution in [1.29, 1.82) is 0 Å². The molecule has 1 atom stereocenters. The maximum atomic E-state index is 12.7. The number of hydrogen-bond acceptors (Lipinski definition) is 4. The van der Waals surface area contributed by atoms with Crippen LogP contribution in [0.3, 0.4) is 0 Å². The maximum absolute atomic E-state index is 12.7. The van der Waals surface area contributed by atoms with E-state index in [1.165, 1.54) is 0 Å². The van der Waals surface area contributed by atoms with Crippen molar-refractivity contribution in [3.63, 3.8) is 0 Å². The molecular formula is C22H27NO5. The summed E-state index contributed by atoms with van der Waals surface area (Å²) in [7, 11) is 0. The van der Waals surface area contributed by atoms with Crippen molar-refractivity contribution in [3.8, 4) is 0 Å². The first-order valence-corrected chi connectivity index (χ1v) is 9.15. The highest BCUT2D eigenvalue weighted by atomic mass is 16.6. The van der Waals surface area contributed by atoms with Crippen LogP contribution in [0.5, 0.6) is 0 Å².